The van der Waals surface area contributed by atoms with Crippen LogP contribution in [-0.4, -0.2) is 41.2 Å². The molecule has 1 saturated heterocycles. The number of para-hydroxylation sites is 1. The van der Waals surface area contributed by atoms with Crippen LogP contribution in [0.1, 0.15) is 43.1 Å². The van der Waals surface area contributed by atoms with Gasteiger partial charge >= 0.3 is 0 Å². The molecular formula is C24H28FN3O3. The summed E-state index contributed by atoms with van der Waals surface area (Å²) in [5.41, 5.74) is 1.33. The molecule has 2 aromatic carbocycles. The molecule has 0 unspecified atom stereocenters. The highest BCUT2D eigenvalue weighted by molar-refractivity contribution is 6.05. The molecule has 164 valence electrons. The third-order valence-electron chi connectivity index (χ3n) is 5.09. The van der Waals surface area contributed by atoms with Crippen LogP contribution in [0.3, 0.4) is 0 Å². The van der Waals surface area contributed by atoms with Gasteiger partial charge in [-0.25, -0.2) is 4.39 Å². The molecule has 6 nitrogen and oxygen atoms in total. The van der Waals surface area contributed by atoms with Crippen molar-refractivity contribution in [2.75, 3.05) is 18.4 Å². The maximum absolute atomic E-state index is 13.0. The molecule has 31 heavy (non-hydrogen) atoms. The van der Waals surface area contributed by atoms with Crippen LogP contribution in [0, 0.1) is 11.7 Å². The quantitative estimate of drug-likeness (QED) is 0.745. The Hall–Kier alpha value is -3.22. The third kappa shape index (κ3) is 6.13. The molecule has 2 aromatic rings. The Balaban J connectivity index is 1.61. The second-order valence-corrected chi connectivity index (χ2v) is 8.86. The number of carbonyl (C=O) groups excluding carboxylic acids is 3. The number of nitrogens with one attached hydrogen (secondary N) is 2. The minimum atomic E-state index is -0.487. The van der Waals surface area contributed by atoms with Crippen LogP contribution < -0.4 is 10.6 Å². The Kier molecular flexibility index (Phi) is 6.73. The van der Waals surface area contributed by atoms with E-state index in [1.807, 2.05) is 20.8 Å². The van der Waals surface area contributed by atoms with Crippen LogP contribution in [0.25, 0.3) is 0 Å². The lowest BCUT2D eigenvalue weighted by Gasteiger charge is -2.22. The molecule has 3 rings (SSSR count). The number of hydrogen-bond acceptors (Lipinski definition) is 3. The van der Waals surface area contributed by atoms with E-state index in [1.54, 1.807) is 41.3 Å². The molecule has 0 aromatic heterocycles. The van der Waals surface area contributed by atoms with Crippen molar-refractivity contribution in [1.29, 1.82) is 0 Å². The summed E-state index contributed by atoms with van der Waals surface area (Å²) in [4.78, 5) is 39.4. The number of anilines is 1. The van der Waals surface area contributed by atoms with Crippen molar-refractivity contribution in [1.82, 2.24) is 10.2 Å². The molecule has 1 atom stereocenters. The molecule has 0 bridgehead atoms. The molecule has 1 heterocycles. The first kappa shape index (κ1) is 22.5. The van der Waals surface area contributed by atoms with Gasteiger partial charge in [0.05, 0.1) is 17.2 Å². The fourth-order valence-electron chi connectivity index (χ4n) is 3.51. The van der Waals surface area contributed by atoms with E-state index in [0.29, 0.717) is 30.8 Å². The van der Waals surface area contributed by atoms with Gasteiger partial charge in [-0.05, 0) is 57.0 Å². The zero-order valence-corrected chi connectivity index (χ0v) is 18.1. The van der Waals surface area contributed by atoms with Gasteiger partial charge in [-0.15, -0.1) is 0 Å². The highest BCUT2D eigenvalue weighted by atomic mass is 19.1. The number of likely N-dealkylation sites (tertiary alicyclic amines) is 1. The Labute approximate surface area is 181 Å². The van der Waals surface area contributed by atoms with Crippen molar-refractivity contribution in [2.45, 2.75) is 39.2 Å². The van der Waals surface area contributed by atoms with Gasteiger partial charge in [-0.1, -0.05) is 24.3 Å². The summed E-state index contributed by atoms with van der Waals surface area (Å²) in [5.74, 6) is -1.42. The summed E-state index contributed by atoms with van der Waals surface area (Å²) in [5, 5.41) is 5.71. The van der Waals surface area contributed by atoms with E-state index >= 15 is 0 Å². The fraction of sp³-hybridized carbons (Fsp3) is 0.375. The standard InChI is InChI=1S/C24H28FN3O3/c1-24(2,3)27-23(31)19-6-4-5-7-20(19)26-22(30)17-14-21(29)28(15-17)13-12-16-8-10-18(25)11-9-16/h4-11,17H,12-15H2,1-3H3,(H,26,30)(H,27,31)/t17-/m0/s1. The van der Waals surface area contributed by atoms with E-state index in [1.165, 1.54) is 12.1 Å². The second-order valence-electron chi connectivity index (χ2n) is 8.86. The summed E-state index contributed by atoms with van der Waals surface area (Å²) in [6.07, 6.45) is 0.724. The largest absolute Gasteiger partial charge is 0.347 e. The number of benzene rings is 2. The van der Waals surface area contributed by atoms with Gasteiger partial charge in [-0.2, -0.15) is 0 Å². The monoisotopic (exact) mass is 425 g/mol. The maximum Gasteiger partial charge on any atom is 0.253 e. The molecule has 3 amide bonds. The van der Waals surface area contributed by atoms with E-state index in [-0.39, 0.29) is 30.0 Å². The smallest absolute Gasteiger partial charge is 0.253 e. The topological polar surface area (TPSA) is 78.5 Å². The zero-order chi connectivity index (χ0) is 22.6. The number of hydrogen-bond donors (Lipinski definition) is 2. The lowest BCUT2D eigenvalue weighted by molar-refractivity contribution is -0.128. The van der Waals surface area contributed by atoms with Gasteiger partial charge in [-0.3, -0.25) is 14.4 Å². The maximum atomic E-state index is 13.0. The molecule has 2 N–H and O–H groups in total. The molecule has 1 aliphatic heterocycles. The van der Waals surface area contributed by atoms with Crippen LogP contribution in [0.5, 0.6) is 0 Å². The summed E-state index contributed by atoms with van der Waals surface area (Å²) in [6, 6.07) is 13.0. The average molecular weight is 426 g/mol. The molecular weight excluding hydrogens is 397 g/mol. The van der Waals surface area contributed by atoms with Crippen LogP contribution in [-0.2, 0) is 16.0 Å². The van der Waals surface area contributed by atoms with Gasteiger partial charge in [0.2, 0.25) is 11.8 Å². The molecule has 0 aliphatic carbocycles. The molecule has 1 aliphatic rings. The number of carbonyl (C=O) groups is 3. The predicted molar refractivity (Wildman–Crippen MR) is 117 cm³/mol. The fourth-order valence-corrected chi connectivity index (χ4v) is 3.51. The molecule has 0 spiro atoms. The third-order valence-corrected chi connectivity index (χ3v) is 5.09. The normalized spacial score (nSPS) is 16.3. The highest BCUT2D eigenvalue weighted by Gasteiger charge is 2.34. The van der Waals surface area contributed by atoms with Crippen molar-refractivity contribution in [3.05, 3.63) is 65.5 Å². The van der Waals surface area contributed by atoms with E-state index in [0.717, 1.165) is 5.56 Å². The minimum absolute atomic E-state index is 0.0824. The number of rotatable bonds is 6. The van der Waals surface area contributed by atoms with Crippen LogP contribution in [0.15, 0.2) is 48.5 Å². The highest BCUT2D eigenvalue weighted by Crippen LogP contribution is 2.22. The second kappa shape index (κ2) is 9.29. The van der Waals surface area contributed by atoms with Gasteiger partial charge in [0.15, 0.2) is 0 Å². The summed E-state index contributed by atoms with van der Waals surface area (Å²) in [7, 11) is 0. The first-order valence-electron chi connectivity index (χ1n) is 10.4. The van der Waals surface area contributed by atoms with Crippen molar-refractivity contribution >= 4 is 23.4 Å². The Bertz CT molecular complexity index is 967. The van der Waals surface area contributed by atoms with Crippen molar-refractivity contribution < 1.29 is 18.8 Å². The first-order valence-corrected chi connectivity index (χ1v) is 10.4. The lowest BCUT2D eigenvalue weighted by Crippen LogP contribution is -2.41. The summed E-state index contributed by atoms with van der Waals surface area (Å²) >= 11 is 0. The Morgan fingerprint density at radius 1 is 1.10 bits per heavy atom. The summed E-state index contributed by atoms with van der Waals surface area (Å²) in [6.45, 7) is 6.45. The number of nitrogens with zero attached hydrogens (tertiary/aromatic N) is 1. The van der Waals surface area contributed by atoms with Gasteiger partial charge < -0.3 is 15.5 Å². The van der Waals surface area contributed by atoms with Gasteiger partial charge in [0.1, 0.15) is 5.82 Å². The van der Waals surface area contributed by atoms with Gasteiger partial charge in [0.25, 0.3) is 5.91 Å². The molecule has 0 radical (unpaired) electrons. The van der Waals surface area contributed by atoms with Crippen molar-refractivity contribution in [2.24, 2.45) is 5.92 Å². The molecule has 1 fully saturated rings. The molecule has 7 heteroatoms. The number of amides is 3. The summed E-state index contributed by atoms with van der Waals surface area (Å²) < 4.78 is 13.0. The van der Waals surface area contributed by atoms with Crippen LogP contribution in [0.2, 0.25) is 0 Å². The number of halogens is 1. The van der Waals surface area contributed by atoms with E-state index in [2.05, 4.69) is 10.6 Å². The zero-order valence-electron chi connectivity index (χ0n) is 18.1. The lowest BCUT2D eigenvalue weighted by atomic mass is 10.1. The average Bonchev–Trinajstić information content (AvgIpc) is 3.07. The van der Waals surface area contributed by atoms with E-state index < -0.39 is 11.5 Å². The Morgan fingerprint density at radius 2 is 1.77 bits per heavy atom. The van der Waals surface area contributed by atoms with Crippen molar-refractivity contribution in [3.8, 4) is 0 Å². The van der Waals surface area contributed by atoms with Crippen LogP contribution >= 0.6 is 0 Å². The molecule has 0 saturated carbocycles. The van der Waals surface area contributed by atoms with E-state index in [9.17, 15) is 18.8 Å². The predicted octanol–water partition coefficient (Wildman–Crippen LogP) is 3.38. The van der Waals surface area contributed by atoms with Crippen molar-refractivity contribution in [3.63, 3.8) is 0 Å². The van der Waals surface area contributed by atoms with Gasteiger partial charge in [0, 0.05) is 25.0 Å². The SMILES string of the molecule is CC(C)(C)NC(=O)c1ccccc1NC(=O)[C@H]1CC(=O)N(CCc2ccc(F)cc2)C1. The minimum Gasteiger partial charge on any atom is -0.347 e. The Morgan fingerprint density at radius 3 is 2.45 bits per heavy atom. The van der Waals surface area contributed by atoms with E-state index in [4.69, 9.17) is 0 Å². The first-order chi connectivity index (χ1) is 14.6. The van der Waals surface area contributed by atoms with Crippen LogP contribution in [0.4, 0.5) is 10.1 Å².